The maximum absolute atomic E-state index is 4.43. The summed E-state index contributed by atoms with van der Waals surface area (Å²) in [7, 11) is 4.18. The van der Waals surface area contributed by atoms with Crippen molar-refractivity contribution in [2.45, 2.75) is 31.8 Å². The van der Waals surface area contributed by atoms with Crippen molar-refractivity contribution in [2.75, 3.05) is 20.1 Å². The van der Waals surface area contributed by atoms with Gasteiger partial charge in [-0.15, -0.1) is 0 Å². The Balaban J connectivity index is 1.88. The van der Waals surface area contributed by atoms with E-state index in [1.165, 1.54) is 31.5 Å². The molecule has 16 heavy (non-hydrogen) atoms. The smallest absolute Gasteiger partial charge is 0.0764 e. The maximum Gasteiger partial charge on any atom is 0.0764 e. The van der Waals surface area contributed by atoms with Crippen LogP contribution in [0.15, 0.2) is 12.3 Å². The van der Waals surface area contributed by atoms with Gasteiger partial charge < -0.3 is 5.32 Å². The third-order valence-corrected chi connectivity index (χ3v) is 3.35. The Morgan fingerprint density at radius 2 is 2.38 bits per heavy atom. The van der Waals surface area contributed by atoms with Gasteiger partial charge >= 0.3 is 0 Å². The third kappa shape index (κ3) is 3.06. The molecule has 0 bridgehead atoms. The zero-order valence-electron chi connectivity index (χ0n) is 10.3. The first-order valence-corrected chi connectivity index (χ1v) is 6.15. The van der Waals surface area contributed by atoms with E-state index in [1.54, 1.807) is 0 Å². The fourth-order valence-electron chi connectivity index (χ4n) is 2.37. The third-order valence-electron chi connectivity index (χ3n) is 3.35. The summed E-state index contributed by atoms with van der Waals surface area (Å²) in [5.74, 6) is 0. The second-order valence-electron chi connectivity index (χ2n) is 4.73. The minimum atomic E-state index is 0.706. The van der Waals surface area contributed by atoms with Crippen LogP contribution in [0.4, 0.5) is 0 Å². The van der Waals surface area contributed by atoms with Crippen molar-refractivity contribution in [1.82, 2.24) is 20.0 Å². The number of hydrogen-bond donors (Lipinski definition) is 1. The number of nitrogens with zero attached hydrogens (tertiary/aromatic N) is 3. The lowest BCUT2D eigenvalue weighted by molar-refractivity contribution is 0.214. The average Bonchev–Trinajstić information content (AvgIpc) is 2.56. The van der Waals surface area contributed by atoms with Gasteiger partial charge in [-0.2, -0.15) is 5.10 Å². The Kier molecular flexibility index (Phi) is 3.96. The van der Waals surface area contributed by atoms with E-state index in [2.05, 4.69) is 28.4 Å². The standard InChI is InChI=1S/C12H22N4/c1-15(10-11-6-9-16(2)14-11)12-4-3-7-13-8-5-12/h6,9,12-13H,3-5,7-8,10H2,1-2H3. The number of hydrogen-bond acceptors (Lipinski definition) is 3. The van der Waals surface area contributed by atoms with Gasteiger partial charge in [0, 0.05) is 25.8 Å². The van der Waals surface area contributed by atoms with Crippen molar-refractivity contribution < 1.29 is 0 Å². The van der Waals surface area contributed by atoms with Crippen LogP contribution in [-0.2, 0) is 13.6 Å². The molecular formula is C12H22N4. The van der Waals surface area contributed by atoms with Gasteiger partial charge in [0.25, 0.3) is 0 Å². The van der Waals surface area contributed by atoms with Crippen molar-refractivity contribution >= 4 is 0 Å². The van der Waals surface area contributed by atoms with Crippen molar-refractivity contribution in [1.29, 1.82) is 0 Å². The summed E-state index contributed by atoms with van der Waals surface area (Å²) in [5.41, 5.74) is 1.17. The van der Waals surface area contributed by atoms with Gasteiger partial charge in [0.05, 0.1) is 5.69 Å². The number of rotatable bonds is 3. The molecule has 1 N–H and O–H groups in total. The first kappa shape index (κ1) is 11.6. The van der Waals surface area contributed by atoms with E-state index in [0.717, 1.165) is 13.1 Å². The van der Waals surface area contributed by atoms with Crippen molar-refractivity contribution in [3.05, 3.63) is 18.0 Å². The van der Waals surface area contributed by atoms with Crippen LogP contribution in [0.25, 0.3) is 0 Å². The minimum Gasteiger partial charge on any atom is -0.317 e. The summed E-state index contributed by atoms with van der Waals surface area (Å²) in [6.45, 7) is 3.29. The molecule has 1 aromatic heterocycles. The van der Waals surface area contributed by atoms with Crippen LogP contribution in [0.5, 0.6) is 0 Å². The van der Waals surface area contributed by atoms with Crippen LogP contribution in [0, 0.1) is 0 Å². The first-order valence-electron chi connectivity index (χ1n) is 6.15. The van der Waals surface area contributed by atoms with Crippen molar-refractivity contribution in [3.8, 4) is 0 Å². The summed E-state index contributed by atoms with van der Waals surface area (Å²) in [5, 5.41) is 7.88. The first-order chi connectivity index (χ1) is 7.75. The van der Waals surface area contributed by atoms with Gasteiger partial charge in [-0.1, -0.05) is 0 Å². The molecule has 1 aromatic rings. The highest BCUT2D eigenvalue weighted by molar-refractivity contribution is 4.98. The molecule has 0 aliphatic carbocycles. The van der Waals surface area contributed by atoms with Crippen molar-refractivity contribution in [3.63, 3.8) is 0 Å². The van der Waals surface area contributed by atoms with Gasteiger partial charge in [0.1, 0.15) is 0 Å². The van der Waals surface area contributed by atoms with E-state index in [4.69, 9.17) is 0 Å². The number of nitrogens with one attached hydrogen (secondary N) is 1. The van der Waals surface area contributed by atoms with Crippen LogP contribution in [0.1, 0.15) is 25.0 Å². The molecule has 2 heterocycles. The molecule has 90 valence electrons. The predicted molar refractivity (Wildman–Crippen MR) is 65.2 cm³/mol. The average molecular weight is 222 g/mol. The van der Waals surface area contributed by atoms with Gasteiger partial charge in [0.15, 0.2) is 0 Å². The Hall–Kier alpha value is -0.870. The fourth-order valence-corrected chi connectivity index (χ4v) is 2.37. The van der Waals surface area contributed by atoms with E-state index in [-0.39, 0.29) is 0 Å². The van der Waals surface area contributed by atoms with Gasteiger partial charge in [-0.3, -0.25) is 9.58 Å². The van der Waals surface area contributed by atoms with E-state index in [0.29, 0.717) is 6.04 Å². The second-order valence-corrected chi connectivity index (χ2v) is 4.73. The summed E-state index contributed by atoms with van der Waals surface area (Å²) in [4.78, 5) is 2.44. The molecule has 1 aliphatic heterocycles. The minimum absolute atomic E-state index is 0.706. The molecule has 0 radical (unpaired) electrons. The highest BCUT2D eigenvalue weighted by atomic mass is 15.3. The Morgan fingerprint density at radius 3 is 3.12 bits per heavy atom. The maximum atomic E-state index is 4.43. The summed E-state index contributed by atoms with van der Waals surface area (Å²) < 4.78 is 1.87. The molecular weight excluding hydrogens is 200 g/mol. The fraction of sp³-hybridized carbons (Fsp3) is 0.750. The Labute approximate surface area is 97.6 Å². The lowest BCUT2D eigenvalue weighted by Crippen LogP contribution is -2.32. The van der Waals surface area contributed by atoms with Crippen LogP contribution in [-0.4, -0.2) is 40.9 Å². The molecule has 0 spiro atoms. The number of aromatic nitrogens is 2. The topological polar surface area (TPSA) is 33.1 Å². The highest BCUT2D eigenvalue weighted by Gasteiger charge is 2.17. The van der Waals surface area contributed by atoms with Gasteiger partial charge in [0.2, 0.25) is 0 Å². The molecule has 0 amide bonds. The Morgan fingerprint density at radius 1 is 1.50 bits per heavy atom. The normalized spacial score (nSPS) is 22.3. The van der Waals surface area contributed by atoms with Gasteiger partial charge in [-0.05, 0) is 45.5 Å². The summed E-state index contributed by atoms with van der Waals surface area (Å²) >= 11 is 0. The molecule has 1 saturated heterocycles. The molecule has 1 fully saturated rings. The monoisotopic (exact) mass is 222 g/mol. The quantitative estimate of drug-likeness (QED) is 0.828. The Bertz CT molecular complexity index is 313. The number of aryl methyl sites for hydroxylation is 1. The molecule has 4 nitrogen and oxygen atoms in total. The van der Waals surface area contributed by atoms with E-state index >= 15 is 0 Å². The van der Waals surface area contributed by atoms with Crippen LogP contribution in [0.2, 0.25) is 0 Å². The largest absolute Gasteiger partial charge is 0.317 e. The molecule has 2 rings (SSSR count). The highest BCUT2D eigenvalue weighted by Crippen LogP contribution is 2.13. The van der Waals surface area contributed by atoms with Gasteiger partial charge in [-0.25, -0.2) is 0 Å². The lowest BCUT2D eigenvalue weighted by atomic mass is 10.1. The zero-order valence-corrected chi connectivity index (χ0v) is 10.3. The lowest BCUT2D eigenvalue weighted by Gasteiger charge is -2.25. The van der Waals surface area contributed by atoms with Crippen molar-refractivity contribution in [2.24, 2.45) is 7.05 Å². The SMILES string of the molecule is CN(Cc1ccn(C)n1)C1CCCNCC1. The molecule has 1 atom stereocenters. The molecule has 1 aliphatic rings. The molecule has 0 aromatic carbocycles. The van der Waals surface area contributed by atoms with Crippen LogP contribution in [0.3, 0.4) is 0 Å². The molecule has 0 saturated carbocycles. The van der Waals surface area contributed by atoms with E-state index < -0.39 is 0 Å². The summed E-state index contributed by atoms with van der Waals surface area (Å²) in [6, 6.07) is 2.81. The molecule has 4 heteroatoms. The van der Waals surface area contributed by atoms with E-state index in [9.17, 15) is 0 Å². The summed E-state index contributed by atoms with van der Waals surface area (Å²) in [6.07, 6.45) is 5.86. The zero-order chi connectivity index (χ0) is 11.4. The van der Waals surface area contributed by atoms with Crippen LogP contribution >= 0.6 is 0 Å². The predicted octanol–water partition coefficient (Wildman–Crippen LogP) is 0.994. The van der Waals surface area contributed by atoms with E-state index in [1.807, 2.05) is 17.9 Å². The molecule has 1 unspecified atom stereocenters. The second kappa shape index (κ2) is 5.46. The van der Waals surface area contributed by atoms with Crippen LogP contribution < -0.4 is 5.32 Å².